The van der Waals surface area contributed by atoms with Crippen LogP contribution in [0.2, 0.25) is 0 Å². The first kappa shape index (κ1) is 9.79. The lowest BCUT2D eigenvalue weighted by molar-refractivity contribution is -0.153. The third kappa shape index (κ3) is 1.89. The summed E-state index contributed by atoms with van der Waals surface area (Å²) in [6, 6.07) is 0. The first-order chi connectivity index (χ1) is 6.04. The molecule has 1 fully saturated rings. The number of hydrogen-bond donors (Lipinski definition) is 3. The number of rotatable bonds is 1. The molecular weight excluding hydrogens is 178 g/mol. The highest BCUT2D eigenvalue weighted by molar-refractivity contribution is 5.73. The monoisotopic (exact) mass is 189 g/mol. The third-order valence-electron chi connectivity index (χ3n) is 2.16. The third-order valence-corrected chi connectivity index (χ3v) is 2.16. The molecule has 1 rings (SSSR count). The fourth-order valence-corrected chi connectivity index (χ4v) is 1.44. The second kappa shape index (κ2) is 3.61. The van der Waals surface area contributed by atoms with Crippen molar-refractivity contribution in [2.45, 2.75) is 19.1 Å². The fraction of sp³-hybridized carbons (Fsp3) is 0.714. The molecule has 0 saturated carbocycles. The minimum Gasteiger partial charge on any atom is -0.481 e. The van der Waals surface area contributed by atoms with Crippen molar-refractivity contribution in [3.05, 3.63) is 0 Å². The molecule has 0 spiro atoms. The summed E-state index contributed by atoms with van der Waals surface area (Å²) < 4.78 is 0. The van der Waals surface area contributed by atoms with Crippen molar-refractivity contribution in [1.82, 2.24) is 4.90 Å². The first-order valence-electron chi connectivity index (χ1n) is 3.94. The summed E-state index contributed by atoms with van der Waals surface area (Å²) in [6.45, 7) is 0.195. The van der Waals surface area contributed by atoms with Crippen molar-refractivity contribution in [2.75, 3.05) is 6.54 Å². The predicted octanol–water partition coefficient (Wildman–Crippen LogP) is -0.221. The van der Waals surface area contributed by atoms with Crippen LogP contribution in [0.15, 0.2) is 0 Å². The normalized spacial score (nSPS) is 28.5. The van der Waals surface area contributed by atoms with Crippen LogP contribution in [-0.4, -0.2) is 45.1 Å². The molecule has 6 nitrogen and oxygen atoms in total. The second-order valence-corrected chi connectivity index (χ2v) is 2.98. The molecular formula is C7H11NO5. The van der Waals surface area contributed by atoms with Crippen LogP contribution in [0.5, 0.6) is 0 Å². The maximum Gasteiger partial charge on any atom is 0.409 e. The Hall–Kier alpha value is -1.30. The van der Waals surface area contributed by atoms with Crippen LogP contribution < -0.4 is 0 Å². The Labute approximate surface area is 74.4 Å². The van der Waals surface area contributed by atoms with E-state index in [2.05, 4.69) is 0 Å². The molecule has 3 N–H and O–H groups in total. The highest BCUT2D eigenvalue weighted by Crippen LogP contribution is 2.21. The summed E-state index contributed by atoms with van der Waals surface area (Å²) in [6.07, 6.45) is -1.90. The van der Waals surface area contributed by atoms with Crippen LogP contribution in [0.3, 0.4) is 0 Å². The fourth-order valence-electron chi connectivity index (χ4n) is 1.44. The average molecular weight is 189 g/mol. The summed E-state index contributed by atoms with van der Waals surface area (Å²) in [5, 5.41) is 26.5. The number of amides is 1. The lowest BCUT2D eigenvalue weighted by Gasteiger charge is -2.33. The zero-order valence-corrected chi connectivity index (χ0v) is 6.88. The van der Waals surface area contributed by atoms with Crippen LogP contribution in [0.4, 0.5) is 4.79 Å². The standard InChI is InChI=1S/C7H11NO5/c9-5-4(6(10)11)2-1-3-8(5)7(12)13/h4-5,9H,1-3H2,(H,10,11)(H,12,13). The van der Waals surface area contributed by atoms with Crippen molar-refractivity contribution in [2.24, 2.45) is 5.92 Å². The molecule has 1 aliphatic heterocycles. The van der Waals surface area contributed by atoms with E-state index in [-0.39, 0.29) is 6.54 Å². The zero-order valence-electron chi connectivity index (χ0n) is 6.88. The molecule has 2 atom stereocenters. The molecule has 0 aliphatic carbocycles. The van der Waals surface area contributed by atoms with Crippen LogP contribution in [-0.2, 0) is 4.79 Å². The van der Waals surface area contributed by atoms with Gasteiger partial charge in [-0.25, -0.2) is 4.79 Å². The van der Waals surface area contributed by atoms with E-state index in [0.29, 0.717) is 12.8 Å². The maximum absolute atomic E-state index is 10.6. The van der Waals surface area contributed by atoms with Crippen molar-refractivity contribution < 1.29 is 24.9 Å². The van der Waals surface area contributed by atoms with Gasteiger partial charge in [-0.05, 0) is 12.8 Å². The molecule has 0 aromatic heterocycles. The average Bonchev–Trinajstić information content (AvgIpc) is 2.03. The molecule has 74 valence electrons. The van der Waals surface area contributed by atoms with Gasteiger partial charge in [0.1, 0.15) is 12.1 Å². The number of aliphatic carboxylic acids is 1. The Morgan fingerprint density at radius 3 is 2.38 bits per heavy atom. The van der Waals surface area contributed by atoms with Gasteiger partial charge in [-0.2, -0.15) is 0 Å². The number of carbonyl (C=O) groups is 2. The Morgan fingerprint density at radius 1 is 1.31 bits per heavy atom. The van der Waals surface area contributed by atoms with E-state index in [1.807, 2.05) is 0 Å². The largest absolute Gasteiger partial charge is 0.481 e. The predicted molar refractivity (Wildman–Crippen MR) is 41.1 cm³/mol. The Kier molecular flexibility index (Phi) is 2.72. The number of piperidine rings is 1. The van der Waals surface area contributed by atoms with E-state index in [0.717, 1.165) is 4.90 Å². The number of aliphatic hydroxyl groups is 1. The van der Waals surface area contributed by atoms with E-state index in [1.165, 1.54) is 0 Å². The zero-order chi connectivity index (χ0) is 10.0. The van der Waals surface area contributed by atoms with Crippen LogP contribution in [0.25, 0.3) is 0 Å². The number of aliphatic hydroxyl groups excluding tert-OH is 1. The lowest BCUT2D eigenvalue weighted by Crippen LogP contribution is -2.50. The van der Waals surface area contributed by atoms with Gasteiger partial charge in [-0.3, -0.25) is 9.69 Å². The van der Waals surface area contributed by atoms with Gasteiger partial charge in [0.05, 0.1) is 0 Å². The molecule has 1 heterocycles. The summed E-state index contributed by atoms with van der Waals surface area (Å²) >= 11 is 0. The summed E-state index contributed by atoms with van der Waals surface area (Å²) in [5.41, 5.74) is 0. The molecule has 1 saturated heterocycles. The van der Waals surface area contributed by atoms with E-state index in [4.69, 9.17) is 10.2 Å². The highest BCUT2D eigenvalue weighted by Gasteiger charge is 2.36. The highest BCUT2D eigenvalue weighted by atomic mass is 16.4. The summed E-state index contributed by atoms with van der Waals surface area (Å²) in [5.74, 6) is -2.15. The molecule has 0 aromatic rings. The molecule has 1 amide bonds. The quantitative estimate of drug-likeness (QED) is 0.529. The lowest BCUT2D eigenvalue weighted by atomic mass is 9.96. The van der Waals surface area contributed by atoms with Crippen molar-refractivity contribution in [3.63, 3.8) is 0 Å². The molecule has 1 aliphatic rings. The van der Waals surface area contributed by atoms with Gasteiger partial charge < -0.3 is 15.3 Å². The Morgan fingerprint density at radius 2 is 1.92 bits per heavy atom. The van der Waals surface area contributed by atoms with Crippen molar-refractivity contribution >= 4 is 12.1 Å². The molecule has 6 heteroatoms. The van der Waals surface area contributed by atoms with Crippen LogP contribution >= 0.6 is 0 Å². The van der Waals surface area contributed by atoms with E-state index in [1.54, 1.807) is 0 Å². The molecule has 0 bridgehead atoms. The summed E-state index contributed by atoms with van der Waals surface area (Å²) in [7, 11) is 0. The molecule has 0 radical (unpaired) electrons. The van der Waals surface area contributed by atoms with Gasteiger partial charge in [-0.15, -0.1) is 0 Å². The van der Waals surface area contributed by atoms with Gasteiger partial charge in [0, 0.05) is 6.54 Å². The topological polar surface area (TPSA) is 98.1 Å². The van der Waals surface area contributed by atoms with E-state index in [9.17, 15) is 14.7 Å². The van der Waals surface area contributed by atoms with E-state index < -0.39 is 24.2 Å². The Balaban J connectivity index is 2.71. The number of likely N-dealkylation sites (tertiary alicyclic amines) is 1. The van der Waals surface area contributed by atoms with E-state index >= 15 is 0 Å². The van der Waals surface area contributed by atoms with Gasteiger partial charge in [0.2, 0.25) is 0 Å². The summed E-state index contributed by atoms with van der Waals surface area (Å²) in [4.78, 5) is 21.8. The number of carboxylic acid groups (broad SMARTS) is 2. The second-order valence-electron chi connectivity index (χ2n) is 2.98. The van der Waals surface area contributed by atoms with Crippen molar-refractivity contribution in [1.29, 1.82) is 0 Å². The van der Waals surface area contributed by atoms with Crippen LogP contribution in [0.1, 0.15) is 12.8 Å². The molecule has 2 unspecified atom stereocenters. The first-order valence-corrected chi connectivity index (χ1v) is 3.94. The van der Waals surface area contributed by atoms with Gasteiger partial charge in [-0.1, -0.05) is 0 Å². The molecule has 0 aromatic carbocycles. The number of carboxylic acids is 1. The maximum atomic E-state index is 10.6. The van der Waals surface area contributed by atoms with Gasteiger partial charge >= 0.3 is 12.1 Å². The Bertz CT molecular complexity index is 207. The minimum atomic E-state index is -1.41. The minimum absolute atomic E-state index is 0.195. The molecule has 13 heavy (non-hydrogen) atoms. The van der Waals surface area contributed by atoms with Crippen LogP contribution in [0, 0.1) is 5.92 Å². The number of hydrogen-bond acceptors (Lipinski definition) is 3. The van der Waals surface area contributed by atoms with Gasteiger partial charge in [0.25, 0.3) is 0 Å². The smallest absolute Gasteiger partial charge is 0.409 e. The SMILES string of the molecule is O=C(O)C1CCCN(C(=O)O)C1O. The number of nitrogens with zero attached hydrogens (tertiary/aromatic N) is 1. The van der Waals surface area contributed by atoms with Gasteiger partial charge in [0.15, 0.2) is 0 Å². The van der Waals surface area contributed by atoms with Crippen molar-refractivity contribution in [3.8, 4) is 0 Å².